The largest absolute Gasteiger partial charge is 0.370 e. The van der Waals surface area contributed by atoms with E-state index in [9.17, 15) is 4.79 Å². The Morgan fingerprint density at radius 2 is 2.00 bits per heavy atom. The SMILES string of the molecule is CC1CCN(c2ccc(NC(=S)NC(=O)C(C)C)cc2Cl)CC1. The molecule has 1 amide bonds. The highest BCUT2D eigenvalue weighted by Crippen LogP contribution is 2.31. The Bertz CT molecular complexity index is 583. The molecule has 0 saturated carbocycles. The lowest BCUT2D eigenvalue weighted by molar-refractivity contribution is -0.122. The maximum absolute atomic E-state index is 11.6. The Labute approximate surface area is 148 Å². The van der Waals surface area contributed by atoms with E-state index in [-0.39, 0.29) is 11.8 Å². The maximum atomic E-state index is 11.6. The van der Waals surface area contributed by atoms with Crippen molar-refractivity contribution in [1.29, 1.82) is 0 Å². The number of benzene rings is 1. The molecule has 1 heterocycles. The summed E-state index contributed by atoms with van der Waals surface area (Å²) in [5.74, 6) is 0.572. The zero-order chi connectivity index (χ0) is 17.0. The first-order valence-electron chi connectivity index (χ1n) is 8.03. The average Bonchev–Trinajstić information content (AvgIpc) is 2.48. The highest BCUT2D eigenvalue weighted by atomic mass is 35.5. The van der Waals surface area contributed by atoms with Gasteiger partial charge in [0.15, 0.2) is 5.11 Å². The zero-order valence-corrected chi connectivity index (χ0v) is 15.4. The highest BCUT2D eigenvalue weighted by Gasteiger charge is 2.18. The Morgan fingerprint density at radius 3 is 2.57 bits per heavy atom. The number of nitrogens with one attached hydrogen (secondary N) is 2. The van der Waals surface area contributed by atoms with E-state index in [2.05, 4.69) is 22.5 Å². The van der Waals surface area contributed by atoms with Crippen LogP contribution in [0.15, 0.2) is 18.2 Å². The summed E-state index contributed by atoms with van der Waals surface area (Å²) < 4.78 is 0. The van der Waals surface area contributed by atoms with Crippen LogP contribution in [-0.4, -0.2) is 24.1 Å². The Morgan fingerprint density at radius 1 is 1.35 bits per heavy atom. The van der Waals surface area contributed by atoms with Gasteiger partial charge in [0.25, 0.3) is 0 Å². The van der Waals surface area contributed by atoms with Crippen molar-refractivity contribution in [2.24, 2.45) is 11.8 Å². The molecule has 1 aliphatic rings. The molecule has 126 valence electrons. The Balaban J connectivity index is 1.99. The molecule has 0 spiro atoms. The summed E-state index contributed by atoms with van der Waals surface area (Å²) >= 11 is 11.6. The lowest BCUT2D eigenvalue weighted by atomic mass is 9.99. The van der Waals surface area contributed by atoms with E-state index in [1.54, 1.807) is 0 Å². The van der Waals surface area contributed by atoms with Crippen molar-refractivity contribution in [1.82, 2.24) is 5.32 Å². The topological polar surface area (TPSA) is 44.4 Å². The van der Waals surface area contributed by atoms with E-state index in [0.29, 0.717) is 10.1 Å². The van der Waals surface area contributed by atoms with Crippen LogP contribution in [-0.2, 0) is 4.79 Å². The second-order valence-corrected chi connectivity index (χ2v) is 7.25. The number of nitrogens with zero attached hydrogens (tertiary/aromatic N) is 1. The van der Waals surface area contributed by atoms with Crippen LogP contribution in [0.1, 0.15) is 33.6 Å². The molecule has 4 nitrogen and oxygen atoms in total. The van der Waals surface area contributed by atoms with Gasteiger partial charge >= 0.3 is 0 Å². The number of carbonyl (C=O) groups excluding carboxylic acids is 1. The first-order chi connectivity index (χ1) is 10.9. The third kappa shape index (κ3) is 5.08. The molecule has 1 aliphatic heterocycles. The predicted octanol–water partition coefficient (Wildman–Crippen LogP) is 4.05. The Kier molecular flexibility index (Phi) is 6.25. The summed E-state index contributed by atoms with van der Waals surface area (Å²) in [6.45, 7) is 8.01. The van der Waals surface area contributed by atoms with E-state index in [1.165, 1.54) is 12.8 Å². The van der Waals surface area contributed by atoms with Crippen LogP contribution < -0.4 is 15.5 Å². The molecule has 0 radical (unpaired) electrons. The van der Waals surface area contributed by atoms with Crippen LogP contribution in [0.25, 0.3) is 0 Å². The summed E-state index contributed by atoms with van der Waals surface area (Å²) in [7, 11) is 0. The molecule has 23 heavy (non-hydrogen) atoms. The molecular weight excluding hydrogens is 330 g/mol. The second kappa shape index (κ2) is 7.97. The summed E-state index contributed by atoms with van der Waals surface area (Å²) in [4.78, 5) is 14.0. The molecule has 2 N–H and O–H groups in total. The van der Waals surface area contributed by atoms with E-state index in [0.717, 1.165) is 30.4 Å². The molecule has 2 rings (SSSR count). The highest BCUT2D eigenvalue weighted by molar-refractivity contribution is 7.80. The summed E-state index contributed by atoms with van der Waals surface area (Å²) in [6.07, 6.45) is 2.39. The van der Waals surface area contributed by atoms with Crippen LogP contribution in [0.2, 0.25) is 5.02 Å². The van der Waals surface area contributed by atoms with Crippen molar-refractivity contribution in [2.45, 2.75) is 33.6 Å². The van der Waals surface area contributed by atoms with Gasteiger partial charge in [-0.2, -0.15) is 0 Å². The normalized spacial score (nSPS) is 15.6. The minimum absolute atomic E-state index is 0.104. The lowest BCUT2D eigenvalue weighted by Gasteiger charge is -2.32. The molecule has 6 heteroatoms. The van der Waals surface area contributed by atoms with Gasteiger partial charge in [0.2, 0.25) is 5.91 Å². The minimum atomic E-state index is -0.109. The standard InChI is InChI=1S/C17H24ClN3OS/c1-11(2)16(22)20-17(23)19-13-4-5-15(14(18)10-13)21-8-6-12(3)7-9-21/h4-5,10-12H,6-9H2,1-3H3,(H2,19,20,22,23). The van der Waals surface area contributed by atoms with Crippen LogP contribution in [0.5, 0.6) is 0 Å². The van der Waals surface area contributed by atoms with Crippen molar-refractivity contribution < 1.29 is 4.79 Å². The molecule has 0 bridgehead atoms. The van der Waals surface area contributed by atoms with Gasteiger partial charge in [0.1, 0.15) is 0 Å². The number of halogens is 1. The molecule has 1 fully saturated rings. The molecule has 0 unspecified atom stereocenters. The molecule has 1 aromatic rings. The summed E-state index contributed by atoms with van der Waals surface area (Å²) in [6, 6.07) is 5.80. The lowest BCUT2D eigenvalue weighted by Crippen LogP contribution is -2.36. The smallest absolute Gasteiger partial charge is 0.228 e. The monoisotopic (exact) mass is 353 g/mol. The van der Waals surface area contributed by atoms with Crippen LogP contribution in [0, 0.1) is 11.8 Å². The summed E-state index contributed by atoms with van der Waals surface area (Å²) in [5, 5.41) is 6.65. The predicted molar refractivity (Wildman–Crippen MR) is 101 cm³/mol. The van der Waals surface area contributed by atoms with Crippen molar-refractivity contribution in [2.75, 3.05) is 23.3 Å². The molecule has 0 atom stereocenters. The first kappa shape index (κ1) is 18.0. The Hall–Kier alpha value is -1.33. The zero-order valence-electron chi connectivity index (χ0n) is 13.9. The second-order valence-electron chi connectivity index (χ2n) is 6.43. The summed E-state index contributed by atoms with van der Waals surface area (Å²) in [5.41, 5.74) is 1.83. The fraction of sp³-hybridized carbons (Fsp3) is 0.529. The quantitative estimate of drug-likeness (QED) is 0.805. The van der Waals surface area contributed by atoms with Gasteiger partial charge in [-0.1, -0.05) is 32.4 Å². The molecule has 1 saturated heterocycles. The van der Waals surface area contributed by atoms with E-state index < -0.39 is 0 Å². The fourth-order valence-corrected chi connectivity index (χ4v) is 3.03. The van der Waals surface area contributed by atoms with Gasteiger partial charge in [0, 0.05) is 24.7 Å². The first-order valence-corrected chi connectivity index (χ1v) is 8.81. The van der Waals surface area contributed by atoms with Gasteiger partial charge in [-0.25, -0.2) is 0 Å². The third-order valence-corrected chi connectivity index (χ3v) is 4.60. The molecular formula is C17H24ClN3OS. The number of thiocarbonyl (C=S) groups is 1. The number of piperidine rings is 1. The number of rotatable bonds is 3. The van der Waals surface area contributed by atoms with E-state index in [4.69, 9.17) is 23.8 Å². The molecule has 1 aromatic carbocycles. The molecule has 0 aliphatic carbocycles. The number of anilines is 2. The van der Waals surface area contributed by atoms with Gasteiger partial charge < -0.3 is 15.5 Å². The van der Waals surface area contributed by atoms with Gasteiger partial charge in [-0.3, -0.25) is 4.79 Å². The minimum Gasteiger partial charge on any atom is -0.370 e. The van der Waals surface area contributed by atoms with E-state index >= 15 is 0 Å². The fourth-order valence-electron chi connectivity index (χ4n) is 2.51. The van der Waals surface area contributed by atoms with Crippen molar-refractivity contribution in [3.63, 3.8) is 0 Å². The van der Waals surface area contributed by atoms with Crippen LogP contribution in [0.3, 0.4) is 0 Å². The van der Waals surface area contributed by atoms with Crippen molar-refractivity contribution >= 4 is 46.2 Å². The van der Waals surface area contributed by atoms with Crippen molar-refractivity contribution in [3.05, 3.63) is 23.2 Å². The van der Waals surface area contributed by atoms with Crippen LogP contribution >= 0.6 is 23.8 Å². The van der Waals surface area contributed by atoms with Gasteiger partial charge in [0.05, 0.1) is 10.7 Å². The van der Waals surface area contributed by atoms with Crippen molar-refractivity contribution in [3.8, 4) is 0 Å². The van der Waals surface area contributed by atoms with Gasteiger partial charge in [-0.15, -0.1) is 0 Å². The average molecular weight is 354 g/mol. The number of hydrogen-bond donors (Lipinski definition) is 2. The number of amides is 1. The van der Waals surface area contributed by atoms with Gasteiger partial charge in [-0.05, 0) is 49.2 Å². The number of carbonyl (C=O) groups is 1. The third-order valence-electron chi connectivity index (χ3n) is 4.09. The molecule has 0 aromatic heterocycles. The van der Waals surface area contributed by atoms with E-state index in [1.807, 2.05) is 32.0 Å². The maximum Gasteiger partial charge on any atom is 0.228 e. The van der Waals surface area contributed by atoms with Crippen LogP contribution in [0.4, 0.5) is 11.4 Å². The number of hydrogen-bond acceptors (Lipinski definition) is 3.